The van der Waals surface area contributed by atoms with Gasteiger partial charge < -0.3 is 11.1 Å². The second-order valence-corrected chi connectivity index (χ2v) is 5.29. The van der Waals surface area contributed by atoms with Gasteiger partial charge in [-0.15, -0.1) is 0 Å². The summed E-state index contributed by atoms with van der Waals surface area (Å²) in [5, 5.41) is 13.7. The Kier molecular flexibility index (Phi) is 4.01. The minimum Gasteiger partial charge on any atom is -0.378 e. The van der Waals surface area contributed by atoms with Gasteiger partial charge in [-0.1, -0.05) is 6.07 Å². The van der Waals surface area contributed by atoms with Crippen LogP contribution in [-0.2, 0) is 0 Å². The Morgan fingerprint density at radius 2 is 1.84 bits per heavy atom. The average molecular weight is 388 g/mol. The van der Waals surface area contributed by atoms with Crippen molar-refractivity contribution < 1.29 is 4.92 Å². The molecule has 0 atom stereocenters. The number of nitrogens with two attached hydrogens (primary N) is 1. The van der Waals surface area contributed by atoms with Crippen LogP contribution in [0.1, 0.15) is 0 Å². The van der Waals surface area contributed by atoms with Gasteiger partial charge in [0.15, 0.2) is 0 Å². The number of rotatable bonds is 3. The van der Waals surface area contributed by atoms with Gasteiger partial charge >= 0.3 is 5.69 Å². The Balaban J connectivity index is 2.34. The van der Waals surface area contributed by atoms with Crippen molar-refractivity contribution >= 4 is 54.9 Å². The first-order valence-electron chi connectivity index (χ1n) is 5.11. The highest BCUT2D eigenvalue weighted by Crippen LogP contribution is 2.33. The molecule has 0 radical (unpaired) electrons. The molecular weight excluding hydrogens is 380 g/mol. The highest BCUT2D eigenvalue weighted by molar-refractivity contribution is 9.11. The van der Waals surface area contributed by atoms with Gasteiger partial charge in [0.05, 0.1) is 10.6 Å². The zero-order chi connectivity index (χ0) is 14.0. The van der Waals surface area contributed by atoms with Crippen LogP contribution in [0, 0.1) is 10.1 Å². The molecule has 0 unspecified atom stereocenters. The molecule has 0 bridgehead atoms. The van der Waals surface area contributed by atoms with Crippen LogP contribution < -0.4 is 11.1 Å². The quantitative estimate of drug-likeness (QED) is 0.616. The summed E-state index contributed by atoms with van der Waals surface area (Å²) in [6.45, 7) is 0. The maximum absolute atomic E-state index is 10.6. The molecule has 1 heterocycles. The number of halogens is 2. The van der Waals surface area contributed by atoms with Crippen LogP contribution in [-0.4, -0.2) is 9.91 Å². The predicted molar refractivity (Wildman–Crippen MR) is 80.4 cm³/mol. The van der Waals surface area contributed by atoms with E-state index in [1.807, 2.05) is 18.2 Å². The lowest BCUT2D eigenvalue weighted by molar-refractivity contribution is -0.384. The third-order valence-electron chi connectivity index (χ3n) is 2.31. The van der Waals surface area contributed by atoms with Crippen molar-refractivity contribution in [1.82, 2.24) is 4.98 Å². The number of anilines is 3. The number of nitrogens with zero attached hydrogens (tertiary/aromatic N) is 2. The van der Waals surface area contributed by atoms with Gasteiger partial charge in [0.25, 0.3) is 0 Å². The maximum Gasteiger partial charge on any atom is 0.311 e. The van der Waals surface area contributed by atoms with Gasteiger partial charge in [-0.05, 0) is 50.1 Å². The fraction of sp³-hybridized carbons (Fsp3) is 0. The van der Waals surface area contributed by atoms with Crippen molar-refractivity contribution in [2.45, 2.75) is 0 Å². The van der Waals surface area contributed by atoms with Crippen molar-refractivity contribution in [3.8, 4) is 0 Å². The van der Waals surface area contributed by atoms with Crippen molar-refractivity contribution in [1.29, 1.82) is 0 Å². The Morgan fingerprint density at radius 1 is 1.21 bits per heavy atom. The van der Waals surface area contributed by atoms with Crippen LogP contribution in [0.3, 0.4) is 0 Å². The second kappa shape index (κ2) is 5.54. The van der Waals surface area contributed by atoms with Crippen LogP contribution in [0.4, 0.5) is 23.0 Å². The van der Waals surface area contributed by atoms with E-state index in [2.05, 4.69) is 42.2 Å². The molecule has 0 aliphatic rings. The SMILES string of the molecule is Nc1nc(Nc2c(Br)cccc2Br)ccc1[N+](=O)[O-]. The molecule has 0 fully saturated rings. The molecule has 0 spiro atoms. The molecular formula is C11H8Br2N4O2. The Hall–Kier alpha value is -1.67. The maximum atomic E-state index is 10.6. The van der Waals surface area contributed by atoms with E-state index >= 15 is 0 Å². The molecule has 0 aliphatic carbocycles. The molecule has 2 rings (SSSR count). The average Bonchev–Trinajstić information content (AvgIpc) is 2.33. The Bertz CT molecular complexity index is 628. The van der Waals surface area contributed by atoms with E-state index in [0.29, 0.717) is 5.82 Å². The summed E-state index contributed by atoms with van der Waals surface area (Å²) >= 11 is 6.80. The lowest BCUT2D eigenvalue weighted by atomic mass is 10.3. The van der Waals surface area contributed by atoms with E-state index in [-0.39, 0.29) is 11.5 Å². The number of nitrogens with one attached hydrogen (secondary N) is 1. The van der Waals surface area contributed by atoms with Crippen molar-refractivity contribution in [2.24, 2.45) is 0 Å². The van der Waals surface area contributed by atoms with E-state index in [9.17, 15) is 10.1 Å². The van der Waals surface area contributed by atoms with Crippen LogP contribution in [0.5, 0.6) is 0 Å². The number of nitro groups is 1. The predicted octanol–water partition coefficient (Wildman–Crippen LogP) is 3.84. The number of benzene rings is 1. The molecule has 0 saturated heterocycles. The first-order valence-corrected chi connectivity index (χ1v) is 6.69. The molecule has 2 aromatic rings. The van der Waals surface area contributed by atoms with E-state index in [4.69, 9.17) is 5.73 Å². The number of nitrogen functional groups attached to an aromatic ring is 1. The van der Waals surface area contributed by atoms with Crippen LogP contribution in [0.2, 0.25) is 0 Å². The number of para-hydroxylation sites is 1. The van der Waals surface area contributed by atoms with Gasteiger partial charge in [-0.25, -0.2) is 4.98 Å². The van der Waals surface area contributed by atoms with Gasteiger partial charge in [-0.3, -0.25) is 10.1 Å². The minimum absolute atomic E-state index is 0.127. The Labute approximate surface area is 125 Å². The molecule has 3 N–H and O–H groups in total. The number of hydrogen-bond donors (Lipinski definition) is 2. The number of aromatic nitrogens is 1. The zero-order valence-corrected chi connectivity index (χ0v) is 12.6. The lowest BCUT2D eigenvalue weighted by Crippen LogP contribution is -2.02. The smallest absolute Gasteiger partial charge is 0.311 e. The third kappa shape index (κ3) is 3.02. The van der Waals surface area contributed by atoms with Gasteiger partial charge in [0.2, 0.25) is 5.82 Å². The summed E-state index contributed by atoms with van der Waals surface area (Å²) < 4.78 is 1.67. The molecule has 0 saturated carbocycles. The van der Waals surface area contributed by atoms with E-state index in [0.717, 1.165) is 14.6 Å². The summed E-state index contributed by atoms with van der Waals surface area (Å²) in [5.41, 5.74) is 6.09. The van der Waals surface area contributed by atoms with E-state index < -0.39 is 4.92 Å². The highest BCUT2D eigenvalue weighted by Gasteiger charge is 2.13. The highest BCUT2D eigenvalue weighted by atomic mass is 79.9. The summed E-state index contributed by atoms with van der Waals surface area (Å²) in [4.78, 5) is 14.0. The topological polar surface area (TPSA) is 94.1 Å². The fourth-order valence-electron chi connectivity index (χ4n) is 1.44. The normalized spacial score (nSPS) is 10.2. The summed E-state index contributed by atoms with van der Waals surface area (Å²) in [7, 11) is 0. The molecule has 98 valence electrons. The van der Waals surface area contributed by atoms with Crippen molar-refractivity contribution in [2.75, 3.05) is 11.1 Å². The van der Waals surface area contributed by atoms with Crippen molar-refractivity contribution in [3.05, 3.63) is 49.4 Å². The van der Waals surface area contributed by atoms with Crippen LogP contribution in [0.25, 0.3) is 0 Å². The zero-order valence-electron chi connectivity index (χ0n) is 9.43. The second-order valence-electron chi connectivity index (χ2n) is 3.58. The largest absolute Gasteiger partial charge is 0.378 e. The molecule has 0 aliphatic heterocycles. The summed E-state index contributed by atoms with van der Waals surface area (Å²) in [6, 6.07) is 8.41. The molecule has 1 aromatic heterocycles. The molecule has 19 heavy (non-hydrogen) atoms. The fourth-order valence-corrected chi connectivity index (χ4v) is 2.63. The first-order chi connectivity index (χ1) is 8.99. The van der Waals surface area contributed by atoms with Crippen LogP contribution in [0.15, 0.2) is 39.3 Å². The standard InChI is InChI=1S/C11H8Br2N4O2/c12-6-2-1-3-7(13)10(6)15-9-5-4-8(17(18)19)11(14)16-9/h1-5H,(H3,14,15,16). The minimum atomic E-state index is -0.569. The van der Waals surface area contributed by atoms with Crippen molar-refractivity contribution in [3.63, 3.8) is 0 Å². The van der Waals surface area contributed by atoms with E-state index in [1.165, 1.54) is 12.1 Å². The van der Waals surface area contributed by atoms with E-state index in [1.54, 1.807) is 0 Å². The summed E-state index contributed by atoms with van der Waals surface area (Å²) in [6.07, 6.45) is 0. The van der Waals surface area contributed by atoms with Crippen LogP contribution >= 0.6 is 31.9 Å². The van der Waals surface area contributed by atoms with Gasteiger partial charge in [0, 0.05) is 15.0 Å². The third-order valence-corrected chi connectivity index (χ3v) is 3.64. The Morgan fingerprint density at radius 3 is 2.37 bits per heavy atom. The monoisotopic (exact) mass is 386 g/mol. The molecule has 1 aromatic carbocycles. The molecule has 0 amide bonds. The molecule has 8 heteroatoms. The summed E-state index contributed by atoms with van der Waals surface area (Å²) in [5.74, 6) is 0.300. The first kappa shape index (κ1) is 13.8. The number of pyridine rings is 1. The molecule has 6 nitrogen and oxygen atoms in total. The number of hydrogen-bond acceptors (Lipinski definition) is 5. The van der Waals surface area contributed by atoms with Gasteiger partial charge in [0.1, 0.15) is 5.82 Å². The lowest BCUT2D eigenvalue weighted by Gasteiger charge is -2.10. The van der Waals surface area contributed by atoms with Gasteiger partial charge in [-0.2, -0.15) is 0 Å².